The van der Waals surface area contributed by atoms with E-state index in [1.807, 2.05) is 0 Å². The van der Waals surface area contributed by atoms with Gasteiger partial charge in [0.15, 0.2) is 6.35 Å². The molecule has 5 aliphatic rings. The molecule has 4 saturated carbocycles. The highest BCUT2D eigenvalue weighted by atomic mass is 35.5. The summed E-state index contributed by atoms with van der Waals surface area (Å²) in [4.78, 5) is 24.9. The predicted octanol–water partition coefficient (Wildman–Crippen LogP) is 0.538. The fourth-order valence-electron chi connectivity index (χ4n) is 5.34. The topological polar surface area (TPSA) is 101 Å². The Bertz CT molecular complexity index is 649. The van der Waals surface area contributed by atoms with Crippen LogP contribution in [-0.4, -0.2) is 74.2 Å². The first-order valence-electron chi connectivity index (χ1n) is 10.8. The molecule has 0 spiro atoms. The number of rotatable bonds is 8. The smallest absolute Gasteiger partial charge is 0.246 e. The van der Waals surface area contributed by atoms with E-state index in [2.05, 4.69) is 21.3 Å². The van der Waals surface area contributed by atoms with Crippen molar-refractivity contribution in [3.8, 4) is 0 Å². The third-order valence-electron chi connectivity index (χ3n) is 6.97. The van der Waals surface area contributed by atoms with Crippen LogP contribution >= 0.6 is 11.6 Å². The molecule has 5 atom stereocenters. The van der Waals surface area contributed by atoms with Crippen LogP contribution < -0.4 is 21.3 Å². The first-order valence-corrected chi connectivity index (χ1v) is 11.3. The Hall–Kier alpha value is -1.00. The summed E-state index contributed by atoms with van der Waals surface area (Å²) in [6.07, 6.45) is 2.89. The lowest BCUT2D eigenvalue weighted by Gasteiger charge is -2.69. The van der Waals surface area contributed by atoms with Gasteiger partial charge in [-0.3, -0.25) is 20.2 Å². The van der Waals surface area contributed by atoms with Gasteiger partial charge in [0.1, 0.15) is 12.8 Å². The number of hydrogen-bond acceptors (Lipinski definition) is 6. The van der Waals surface area contributed by atoms with E-state index in [0.717, 1.165) is 13.0 Å². The first kappa shape index (κ1) is 22.2. The van der Waals surface area contributed by atoms with Crippen molar-refractivity contribution in [1.29, 1.82) is 0 Å². The average Bonchev–Trinajstić information content (AvgIpc) is 2.68. The summed E-state index contributed by atoms with van der Waals surface area (Å²) in [7, 11) is 1.63. The minimum absolute atomic E-state index is 0.0657. The van der Waals surface area contributed by atoms with Crippen LogP contribution in [0.1, 0.15) is 44.9 Å². The van der Waals surface area contributed by atoms with Crippen molar-refractivity contribution in [1.82, 2.24) is 21.3 Å². The molecule has 30 heavy (non-hydrogen) atoms. The maximum atomic E-state index is 13.7. The molecule has 4 N–H and O–H groups in total. The van der Waals surface area contributed by atoms with Gasteiger partial charge in [0.25, 0.3) is 0 Å². The zero-order valence-corrected chi connectivity index (χ0v) is 18.1. The highest BCUT2D eigenvalue weighted by molar-refractivity contribution is 6.21. The highest BCUT2D eigenvalue weighted by Gasteiger charge is 2.72. The lowest BCUT2D eigenvalue weighted by atomic mass is 9.39. The molecule has 5 unspecified atom stereocenters. The van der Waals surface area contributed by atoms with Crippen LogP contribution in [0.3, 0.4) is 0 Å². The largest absolute Gasteiger partial charge is 0.368 e. The van der Waals surface area contributed by atoms with Gasteiger partial charge in [-0.1, -0.05) is 0 Å². The Morgan fingerprint density at radius 2 is 2.00 bits per heavy atom. The molecule has 0 aromatic rings. The fourth-order valence-corrected chi connectivity index (χ4v) is 5.57. The van der Waals surface area contributed by atoms with Crippen LogP contribution in [0.5, 0.6) is 0 Å². The van der Waals surface area contributed by atoms with Gasteiger partial charge in [-0.15, -0.1) is 11.6 Å². The summed E-state index contributed by atoms with van der Waals surface area (Å²) in [6, 6.07) is 0.177. The van der Waals surface area contributed by atoms with E-state index in [1.165, 1.54) is 0 Å². The number of ether oxygens (including phenoxy) is 2. The third-order valence-corrected chi connectivity index (χ3v) is 7.46. The number of methoxy groups -OCH3 is 1. The molecule has 1 heterocycles. The molecule has 0 aromatic heterocycles. The second-order valence-electron chi connectivity index (χ2n) is 9.35. The summed E-state index contributed by atoms with van der Waals surface area (Å²) in [5.41, 5.74) is -0.621. The minimum Gasteiger partial charge on any atom is -0.368 e. The van der Waals surface area contributed by atoms with Crippen LogP contribution in [0.2, 0.25) is 0 Å². The van der Waals surface area contributed by atoms with Gasteiger partial charge in [0, 0.05) is 38.2 Å². The van der Waals surface area contributed by atoms with Gasteiger partial charge in [0.05, 0.1) is 16.9 Å². The molecule has 0 aromatic carbocycles. The lowest BCUT2D eigenvalue weighted by molar-refractivity contribution is -0.185. The van der Waals surface area contributed by atoms with Crippen molar-refractivity contribution in [2.45, 2.75) is 80.5 Å². The number of carbonyl (C=O) groups is 2. The zero-order valence-electron chi connectivity index (χ0n) is 17.3. The predicted molar refractivity (Wildman–Crippen MR) is 109 cm³/mol. The summed E-state index contributed by atoms with van der Waals surface area (Å²) >= 11 is 5.88. The third kappa shape index (κ3) is 4.60. The SMILES string of the molecule is COC1NCCC(CNC(=O)C23CC(NC(=O)COC4CCC(Cl)C(F)C4)(C2)C3)N1. The average molecular weight is 447 g/mol. The zero-order chi connectivity index (χ0) is 21.4. The Balaban J connectivity index is 1.13. The molecule has 10 heteroatoms. The van der Waals surface area contributed by atoms with Gasteiger partial charge < -0.3 is 20.1 Å². The molecule has 4 aliphatic carbocycles. The second kappa shape index (κ2) is 8.86. The van der Waals surface area contributed by atoms with Gasteiger partial charge in [0.2, 0.25) is 11.8 Å². The highest BCUT2D eigenvalue weighted by Crippen LogP contribution is 2.67. The van der Waals surface area contributed by atoms with Crippen LogP contribution in [0.4, 0.5) is 4.39 Å². The van der Waals surface area contributed by atoms with E-state index in [0.29, 0.717) is 38.6 Å². The molecule has 5 fully saturated rings. The number of hydrogen-bond donors (Lipinski definition) is 4. The first-order chi connectivity index (χ1) is 14.3. The van der Waals surface area contributed by atoms with Gasteiger partial charge >= 0.3 is 0 Å². The molecule has 2 bridgehead atoms. The maximum Gasteiger partial charge on any atom is 0.246 e. The number of alkyl halides is 2. The van der Waals surface area contributed by atoms with Crippen molar-refractivity contribution in [3.63, 3.8) is 0 Å². The van der Waals surface area contributed by atoms with Gasteiger partial charge in [-0.05, 0) is 38.5 Å². The van der Waals surface area contributed by atoms with Crippen molar-refractivity contribution < 1.29 is 23.5 Å². The van der Waals surface area contributed by atoms with Crippen molar-refractivity contribution >= 4 is 23.4 Å². The minimum atomic E-state index is -1.08. The summed E-state index contributed by atoms with van der Waals surface area (Å²) in [5.74, 6) is -0.132. The number of amides is 2. The van der Waals surface area contributed by atoms with Crippen LogP contribution in [0.15, 0.2) is 0 Å². The molecule has 170 valence electrons. The van der Waals surface area contributed by atoms with E-state index < -0.39 is 11.5 Å². The Morgan fingerprint density at radius 1 is 1.23 bits per heavy atom. The van der Waals surface area contributed by atoms with Crippen LogP contribution in [0.25, 0.3) is 0 Å². The number of carbonyl (C=O) groups excluding carboxylic acids is 2. The molecule has 1 saturated heterocycles. The molecular formula is C20H32ClFN4O4. The molecule has 1 aliphatic heterocycles. The lowest BCUT2D eigenvalue weighted by Crippen LogP contribution is -2.78. The van der Waals surface area contributed by atoms with Crippen molar-refractivity contribution in [3.05, 3.63) is 0 Å². The Morgan fingerprint density at radius 3 is 2.70 bits per heavy atom. The molecule has 8 nitrogen and oxygen atoms in total. The van der Waals surface area contributed by atoms with Crippen LogP contribution in [-0.2, 0) is 19.1 Å². The van der Waals surface area contributed by atoms with E-state index in [9.17, 15) is 14.0 Å². The number of nitrogens with one attached hydrogen (secondary N) is 4. The van der Waals surface area contributed by atoms with Gasteiger partial charge in [-0.2, -0.15) is 0 Å². The fraction of sp³-hybridized carbons (Fsp3) is 0.900. The molecule has 2 amide bonds. The van der Waals surface area contributed by atoms with E-state index in [-0.39, 0.29) is 54.3 Å². The maximum absolute atomic E-state index is 13.7. The summed E-state index contributed by atoms with van der Waals surface area (Å²) in [6.45, 7) is 1.33. The Kier molecular flexibility index (Phi) is 6.56. The quantitative estimate of drug-likeness (QED) is 0.406. The summed E-state index contributed by atoms with van der Waals surface area (Å²) < 4.78 is 24.5. The van der Waals surface area contributed by atoms with E-state index >= 15 is 0 Å². The molecule has 0 radical (unpaired) electrons. The standard InChI is InChI=1S/C20H32ClFN4O4/c1-29-18-23-5-4-12(25-18)7-24-17(28)19-9-20(10-19,11-19)26-16(27)8-30-13-2-3-14(21)15(22)6-13/h12-15,18,23,25H,2-11H2,1H3,(H,24,28)(H,26,27). The monoisotopic (exact) mass is 446 g/mol. The Labute approximate surface area is 181 Å². The molecule has 5 rings (SSSR count). The van der Waals surface area contributed by atoms with Crippen molar-refractivity contribution in [2.24, 2.45) is 5.41 Å². The number of halogens is 2. The normalized spacial score (nSPS) is 42.6. The van der Waals surface area contributed by atoms with Crippen molar-refractivity contribution in [2.75, 3.05) is 26.8 Å². The summed E-state index contributed by atoms with van der Waals surface area (Å²) in [5, 5.41) is 12.1. The van der Waals surface area contributed by atoms with Gasteiger partial charge in [-0.25, -0.2) is 4.39 Å². The second-order valence-corrected chi connectivity index (χ2v) is 9.91. The van der Waals surface area contributed by atoms with Crippen LogP contribution in [0, 0.1) is 5.41 Å². The van der Waals surface area contributed by atoms with E-state index in [4.69, 9.17) is 21.1 Å². The molecular weight excluding hydrogens is 415 g/mol. The van der Waals surface area contributed by atoms with E-state index in [1.54, 1.807) is 7.11 Å².